The lowest BCUT2D eigenvalue weighted by molar-refractivity contribution is 0.0689. The molecular formula is C8H10N2O4S2. The smallest absolute Gasteiger partial charge is 0.354 e. The van der Waals surface area contributed by atoms with Crippen molar-refractivity contribution in [3.63, 3.8) is 0 Å². The molecule has 0 saturated carbocycles. The number of carbonyl (C=O) groups is 1. The first kappa shape index (κ1) is 12.9. The van der Waals surface area contributed by atoms with E-state index in [2.05, 4.69) is 9.97 Å². The summed E-state index contributed by atoms with van der Waals surface area (Å²) in [4.78, 5) is 18.2. The molecule has 0 unspecified atom stereocenters. The van der Waals surface area contributed by atoms with E-state index in [4.69, 9.17) is 5.11 Å². The van der Waals surface area contributed by atoms with Crippen LogP contribution in [-0.4, -0.2) is 47.2 Å². The molecule has 8 heteroatoms. The second-order valence-corrected chi connectivity index (χ2v) is 6.33. The highest BCUT2D eigenvalue weighted by Crippen LogP contribution is 2.12. The minimum absolute atomic E-state index is 0.0122. The largest absolute Gasteiger partial charge is 0.477 e. The summed E-state index contributed by atoms with van der Waals surface area (Å²) in [6.45, 7) is 0. The lowest BCUT2D eigenvalue weighted by Gasteiger charge is -1.99. The number of aromatic carboxylic acids is 1. The Bertz CT molecular complexity index is 487. The van der Waals surface area contributed by atoms with Gasteiger partial charge < -0.3 is 5.11 Å². The summed E-state index contributed by atoms with van der Waals surface area (Å²) < 4.78 is 21.7. The van der Waals surface area contributed by atoms with E-state index in [1.165, 1.54) is 12.3 Å². The van der Waals surface area contributed by atoms with Crippen molar-refractivity contribution in [1.29, 1.82) is 0 Å². The molecule has 0 bridgehead atoms. The molecule has 6 nitrogen and oxygen atoms in total. The third-order valence-corrected chi connectivity index (χ3v) is 3.61. The Morgan fingerprint density at radius 1 is 1.56 bits per heavy atom. The second kappa shape index (κ2) is 5.26. The highest BCUT2D eigenvalue weighted by molar-refractivity contribution is 8.00. The van der Waals surface area contributed by atoms with Gasteiger partial charge in [-0.1, -0.05) is 11.8 Å². The predicted octanol–water partition coefficient (Wildman–Crippen LogP) is 0.312. The van der Waals surface area contributed by atoms with E-state index in [0.717, 1.165) is 18.0 Å². The molecule has 1 heterocycles. The lowest BCUT2D eigenvalue weighted by atomic mass is 10.4. The van der Waals surface area contributed by atoms with Crippen LogP contribution >= 0.6 is 11.8 Å². The maximum absolute atomic E-state index is 10.8. The van der Waals surface area contributed by atoms with E-state index in [1.54, 1.807) is 0 Å². The molecule has 0 aromatic carbocycles. The number of carboxylic acids is 1. The summed E-state index contributed by atoms with van der Waals surface area (Å²) >= 11 is 1.11. The highest BCUT2D eigenvalue weighted by atomic mass is 32.2. The zero-order valence-electron chi connectivity index (χ0n) is 8.45. The van der Waals surface area contributed by atoms with Gasteiger partial charge in [0.2, 0.25) is 0 Å². The zero-order valence-corrected chi connectivity index (χ0v) is 10.1. The number of hydrogen-bond donors (Lipinski definition) is 1. The number of carboxylic acid groups (broad SMARTS) is 1. The monoisotopic (exact) mass is 262 g/mol. The molecule has 1 N–H and O–H groups in total. The van der Waals surface area contributed by atoms with Crippen LogP contribution in [0.15, 0.2) is 17.4 Å². The molecule has 1 aromatic rings. The summed E-state index contributed by atoms with van der Waals surface area (Å²) in [5.74, 6) is -0.812. The average molecular weight is 262 g/mol. The normalized spacial score (nSPS) is 11.3. The molecule has 0 atom stereocenters. The number of sulfone groups is 1. The van der Waals surface area contributed by atoms with Crippen LogP contribution in [-0.2, 0) is 9.84 Å². The quantitative estimate of drug-likeness (QED) is 0.602. The van der Waals surface area contributed by atoms with Gasteiger partial charge in [-0.05, 0) is 6.07 Å². The first-order valence-corrected chi connectivity index (χ1v) is 7.30. The number of thioether (sulfide) groups is 1. The fourth-order valence-corrected chi connectivity index (χ4v) is 2.84. The molecule has 0 amide bonds. The van der Waals surface area contributed by atoms with Gasteiger partial charge in [-0.25, -0.2) is 23.2 Å². The second-order valence-electron chi connectivity index (χ2n) is 3.01. The Morgan fingerprint density at radius 2 is 2.25 bits per heavy atom. The van der Waals surface area contributed by atoms with E-state index in [0.29, 0.717) is 5.75 Å². The molecule has 0 saturated heterocycles. The van der Waals surface area contributed by atoms with Crippen LogP contribution < -0.4 is 0 Å². The Hall–Kier alpha value is -1.15. The van der Waals surface area contributed by atoms with Gasteiger partial charge in [-0.3, -0.25) is 0 Å². The van der Waals surface area contributed by atoms with E-state index in [9.17, 15) is 13.2 Å². The molecule has 0 spiro atoms. The fraction of sp³-hybridized carbons (Fsp3) is 0.375. The van der Waals surface area contributed by atoms with Crippen LogP contribution in [0.2, 0.25) is 0 Å². The van der Waals surface area contributed by atoms with E-state index in [1.807, 2.05) is 0 Å². The van der Waals surface area contributed by atoms with Gasteiger partial charge >= 0.3 is 5.97 Å². The van der Waals surface area contributed by atoms with Gasteiger partial charge in [0.05, 0.1) is 5.75 Å². The molecule has 0 fully saturated rings. The van der Waals surface area contributed by atoms with Gasteiger partial charge in [0.25, 0.3) is 0 Å². The molecule has 16 heavy (non-hydrogen) atoms. The van der Waals surface area contributed by atoms with Crippen molar-refractivity contribution < 1.29 is 18.3 Å². The number of rotatable bonds is 5. The van der Waals surface area contributed by atoms with E-state index in [-0.39, 0.29) is 16.6 Å². The van der Waals surface area contributed by atoms with Crippen LogP contribution in [0.5, 0.6) is 0 Å². The number of aromatic nitrogens is 2. The number of nitrogens with zero attached hydrogens (tertiary/aromatic N) is 2. The Morgan fingerprint density at radius 3 is 2.81 bits per heavy atom. The maximum Gasteiger partial charge on any atom is 0.354 e. The van der Waals surface area contributed by atoms with Crippen LogP contribution in [0.1, 0.15) is 10.5 Å². The summed E-state index contributed by atoms with van der Waals surface area (Å²) in [7, 11) is -3.01. The third kappa shape index (κ3) is 4.58. The van der Waals surface area contributed by atoms with Crippen molar-refractivity contribution in [3.8, 4) is 0 Å². The minimum Gasteiger partial charge on any atom is -0.477 e. The Labute approximate surface area is 97.0 Å². The van der Waals surface area contributed by atoms with E-state index >= 15 is 0 Å². The first-order chi connectivity index (χ1) is 7.38. The van der Waals surface area contributed by atoms with Gasteiger partial charge in [-0.15, -0.1) is 0 Å². The van der Waals surface area contributed by atoms with Crippen molar-refractivity contribution in [2.45, 2.75) is 5.16 Å². The molecule has 0 aliphatic carbocycles. The Balaban J connectivity index is 2.61. The number of hydrogen-bond acceptors (Lipinski definition) is 6. The molecule has 88 valence electrons. The van der Waals surface area contributed by atoms with Crippen LogP contribution in [0.25, 0.3) is 0 Å². The van der Waals surface area contributed by atoms with Crippen molar-refractivity contribution in [1.82, 2.24) is 9.97 Å². The molecule has 0 aliphatic heterocycles. The summed E-state index contributed by atoms with van der Waals surface area (Å²) in [6.07, 6.45) is 2.47. The predicted molar refractivity (Wildman–Crippen MR) is 59.4 cm³/mol. The van der Waals surface area contributed by atoms with Crippen molar-refractivity contribution in [2.75, 3.05) is 17.8 Å². The zero-order chi connectivity index (χ0) is 12.2. The molecule has 1 rings (SSSR count). The minimum atomic E-state index is -3.01. The third-order valence-electron chi connectivity index (χ3n) is 1.54. The van der Waals surface area contributed by atoms with Crippen LogP contribution in [0.4, 0.5) is 0 Å². The summed E-state index contributed by atoms with van der Waals surface area (Å²) in [6, 6.07) is 1.28. The van der Waals surface area contributed by atoms with Gasteiger partial charge in [-0.2, -0.15) is 0 Å². The van der Waals surface area contributed by atoms with Gasteiger partial charge in [0.1, 0.15) is 9.84 Å². The SMILES string of the molecule is CS(=O)(=O)CCSc1nccc(C(=O)O)n1. The van der Waals surface area contributed by atoms with Crippen molar-refractivity contribution >= 4 is 27.6 Å². The van der Waals surface area contributed by atoms with Crippen molar-refractivity contribution in [2.24, 2.45) is 0 Å². The van der Waals surface area contributed by atoms with Crippen LogP contribution in [0, 0.1) is 0 Å². The highest BCUT2D eigenvalue weighted by Gasteiger charge is 2.08. The maximum atomic E-state index is 10.8. The van der Waals surface area contributed by atoms with Crippen LogP contribution in [0.3, 0.4) is 0 Å². The average Bonchev–Trinajstić information content (AvgIpc) is 2.16. The van der Waals surface area contributed by atoms with Gasteiger partial charge in [0, 0.05) is 18.2 Å². The fourth-order valence-electron chi connectivity index (χ4n) is 0.814. The molecular weight excluding hydrogens is 252 g/mol. The van der Waals surface area contributed by atoms with Crippen molar-refractivity contribution in [3.05, 3.63) is 18.0 Å². The van der Waals surface area contributed by atoms with E-state index < -0.39 is 15.8 Å². The summed E-state index contributed by atoms with van der Waals surface area (Å²) in [5, 5.41) is 8.94. The molecule has 0 radical (unpaired) electrons. The first-order valence-electron chi connectivity index (χ1n) is 4.25. The lowest BCUT2D eigenvalue weighted by Crippen LogP contribution is -2.06. The molecule has 1 aromatic heterocycles. The topological polar surface area (TPSA) is 97.2 Å². The molecule has 0 aliphatic rings. The van der Waals surface area contributed by atoms with Gasteiger partial charge in [0.15, 0.2) is 10.9 Å². The standard InChI is InChI=1S/C8H10N2O4S2/c1-16(13,14)5-4-15-8-9-3-2-6(10-8)7(11)12/h2-3H,4-5H2,1H3,(H,11,12). The Kier molecular flexibility index (Phi) is 4.25. The summed E-state index contributed by atoms with van der Waals surface area (Å²) in [5.41, 5.74) is -0.100.